The molecule has 0 fully saturated rings. The zero-order valence-corrected chi connectivity index (χ0v) is 19.8. The standard InChI is InChI=1S/C19H24N2OS.C4H6O6/c1-14(12-20(2)3)13-21-16-7-5-6-8-18(16)23-19-10-9-15(22-4)11-17(19)21;5-1(3(7)8)2(6)4(9)10/h5-11,14H,12-13H2,1-4H3;1-2,5-6H,(H,7,8)(H,9,10). The third-order valence-electron chi connectivity index (χ3n) is 4.81. The number of fused-ring (bicyclic) bond motifs is 2. The molecular weight excluding hydrogens is 448 g/mol. The predicted octanol–water partition coefficient (Wildman–Crippen LogP) is 2.37. The van der Waals surface area contributed by atoms with Crippen LogP contribution >= 0.6 is 11.8 Å². The van der Waals surface area contributed by atoms with Crippen molar-refractivity contribution in [2.45, 2.75) is 28.9 Å². The molecule has 1 aliphatic heterocycles. The van der Waals surface area contributed by atoms with Gasteiger partial charge in [-0.25, -0.2) is 9.59 Å². The summed E-state index contributed by atoms with van der Waals surface area (Å²) in [7, 11) is 5.99. The van der Waals surface area contributed by atoms with E-state index in [-0.39, 0.29) is 0 Å². The molecule has 0 spiro atoms. The number of aliphatic hydroxyl groups is 2. The molecule has 0 saturated heterocycles. The number of carbonyl (C=O) groups is 2. The van der Waals surface area contributed by atoms with Crippen molar-refractivity contribution < 1.29 is 34.8 Å². The minimum absolute atomic E-state index is 0.570. The van der Waals surface area contributed by atoms with Crippen LogP contribution in [0.25, 0.3) is 0 Å². The maximum absolute atomic E-state index is 9.77. The first-order valence-corrected chi connectivity index (χ1v) is 11.1. The number of para-hydroxylation sites is 1. The van der Waals surface area contributed by atoms with Crippen LogP contribution in [0.2, 0.25) is 0 Å². The van der Waals surface area contributed by atoms with Gasteiger partial charge in [0.25, 0.3) is 0 Å². The average molecular weight is 479 g/mol. The van der Waals surface area contributed by atoms with Crippen LogP contribution in [-0.2, 0) is 9.59 Å². The summed E-state index contributed by atoms with van der Waals surface area (Å²) in [6, 6.07) is 15.0. The van der Waals surface area contributed by atoms with Crippen molar-refractivity contribution in [3.05, 3.63) is 42.5 Å². The van der Waals surface area contributed by atoms with E-state index in [0.29, 0.717) is 5.92 Å². The van der Waals surface area contributed by atoms with E-state index in [4.69, 9.17) is 25.2 Å². The number of carboxylic acid groups (broad SMARTS) is 2. The van der Waals surface area contributed by atoms with E-state index in [1.165, 1.54) is 21.2 Å². The Bertz CT molecular complexity index is 952. The lowest BCUT2D eigenvalue weighted by Crippen LogP contribution is -2.39. The molecule has 3 rings (SSSR count). The highest BCUT2D eigenvalue weighted by atomic mass is 32.2. The molecule has 0 aliphatic carbocycles. The number of methoxy groups -OCH3 is 1. The number of carboxylic acids is 2. The summed E-state index contributed by atoms with van der Waals surface area (Å²) in [4.78, 5) is 26.9. The van der Waals surface area contributed by atoms with Crippen LogP contribution in [-0.4, -0.2) is 83.8 Å². The minimum Gasteiger partial charge on any atom is -0.497 e. The van der Waals surface area contributed by atoms with Gasteiger partial charge in [-0.3, -0.25) is 0 Å². The number of aliphatic carboxylic acids is 2. The quantitative estimate of drug-likeness (QED) is 0.448. The Kier molecular flexibility index (Phi) is 9.54. The Morgan fingerprint density at radius 3 is 2.12 bits per heavy atom. The van der Waals surface area contributed by atoms with Gasteiger partial charge >= 0.3 is 11.9 Å². The van der Waals surface area contributed by atoms with Crippen LogP contribution in [0.15, 0.2) is 52.3 Å². The SMILES string of the molecule is COc1ccc2c(c1)N(CC(C)CN(C)C)c1ccccc1S2.O=C(O)C(O)C(O)C(=O)O. The maximum Gasteiger partial charge on any atom is 0.335 e. The van der Waals surface area contributed by atoms with Crippen LogP contribution < -0.4 is 9.64 Å². The highest BCUT2D eigenvalue weighted by Crippen LogP contribution is 2.49. The maximum atomic E-state index is 9.77. The molecule has 0 amide bonds. The third kappa shape index (κ3) is 7.10. The summed E-state index contributed by atoms with van der Waals surface area (Å²) in [6.45, 7) is 4.38. The summed E-state index contributed by atoms with van der Waals surface area (Å²) in [5, 5.41) is 32.5. The zero-order chi connectivity index (χ0) is 24.7. The van der Waals surface area contributed by atoms with Gasteiger partial charge in [0.15, 0.2) is 12.2 Å². The molecule has 0 saturated carbocycles. The molecule has 33 heavy (non-hydrogen) atoms. The number of rotatable bonds is 8. The lowest BCUT2D eigenvalue weighted by molar-refractivity contribution is -0.165. The molecule has 1 heterocycles. The fraction of sp³-hybridized carbons (Fsp3) is 0.391. The van der Waals surface area contributed by atoms with Crippen molar-refractivity contribution >= 4 is 35.1 Å². The molecule has 3 atom stereocenters. The smallest absolute Gasteiger partial charge is 0.335 e. The first-order chi connectivity index (χ1) is 15.5. The Morgan fingerprint density at radius 2 is 1.58 bits per heavy atom. The van der Waals surface area contributed by atoms with Crippen molar-refractivity contribution in [2.24, 2.45) is 5.92 Å². The molecule has 0 radical (unpaired) electrons. The first kappa shape index (κ1) is 26.5. The number of ether oxygens (including phenoxy) is 1. The molecule has 180 valence electrons. The Labute approximate surface area is 197 Å². The molecule has 10 heteroatoms. The summed E-state index contributed by atoms with van der Waals surface area (Å²) in [6.07, 6.45) is -4.53. The summed E-state index contributed by atoms with van der Waals surface area (Å²) >= 11 is 1.84. The van der Waals surface area contributed by atoms with Gasteiger partial charge in [-0.05, 0) is 44.3 Å². The molecule has 9 nitrogen and oxygen atoms in total. The van der Waals surface area contributed by atoms with E-state index in [2.05, 4.69) is 67.2 Å². The van der Waals surface area contributed by atoms with Gasteiger partial charge in [0.1, 0.15) is 5.75 Å². The van der Waals surface area contributed by atoms with Gasteiger partial charge in [0, 0.05) is 28.9 Å². The van der Waals surface area contributed by atoms with E-state index in [9.17, 15) is 9.59 Å². The topological polar surface area (TPSA) is 131 Å². The second-order valence-electron chi connectivity index (χ2n) is 7.95. The highest BCUT2D eigenvalue weighted by molar-refractivity contribution is 7.99. The Hall–Kier alpha value is -2.79. The van der Waals surface area contributed by atoms with Crippen molar-refractivity contribution in [2.75, 3.05) is 39.2 Å². The largest absolute Gasteiger partial charge is 0.497 e. The van der Waals surface area contributed by atoms with E-state index >= 15 is 0 Å². The first-order valence-electron chi connectivity index (χ1n) is 10.2. The van der Waals surface area contributed by atoms with Gasteiger partial charge in [-0.2, -0.15) is 0 Å². The summed E-state index contributed by atoms with van der Waals surface area (Å²) in [5.74, 6) is -2.06. The fourth-order valence-electron chi connectivity index (χ4n) is 3.40. The van der Waals surface area contributed by atoms with Crippen molar-refractivity contribution in [1.82, 2.24) is 4.90 Å². The number of aliphatic hydroxyl groups excluding tert-OH is 2. The second kappa shape index (κ2) is 11.9. The highest BCUT2D eigenvalue weighted by Gasteiger charge is 2.29. The molecule has 2 aromatic rings. The van der Waals surface area contributed by atoms with E-state index in [1.807, 2.05) is 17.8 Å². The molecule has 1 aliphatic rings. The molecular formula is C23H30N2O7S. The van der Waals surface area contributed by atoms with Crippen LogP contribution in [0, 0.1) is 5.92 Å². The predicted molar refractivity (Wildman–Crippen MR) is 126 cm³/mol. The van der Waals surface area contributed by atoms with E-state index < -0.39 is 24.1 Å². The van der Waals surface area contributed by atoms with Crippen LogP contribution in [0.3, 0.4) is 0 Å². The normalized spacial score (nSPS) is 14.8. The second-order valence-corrected chi connectivity index (χ2v) is 9.03. The zero-order valence-electron chi connectivity index (χ0n) is 19.0. The molecule has 0 bridgehead atoms. The average Bonchev–Trinajstić information content (AvgIpc) is 2.77. The monoisotopic (exact) mass is 478 g/mol. The molecule has 3 unspecified atom stereocenters. The number of anilines is 2. The van der Waals surface area contributed by atoms with Crippen molar-refractivity contribution in [3.8, 4) is 5.75 Å². The van der Waals surface area contributed by atoms with Crippen molar-refractivity contribution in [3.63, 3.8) is 0 Å². The Balaban J connectivity index is 0.000000328. The number of hydrogen-bond donors (Lipinski definition) is 4. The number of benzene rings is 2. The van der Waals surface area contributed by atoms with Crippen molar-refractivity contribution in [1.29, 1.82) is 0 Å². The minimum atomic E-state index is -2.27. The number of hydrogen-bond acceptors (Lipinski definition) is 8. The van der Waals surface area contributed by atoms with Gasteiger partial charge in [-0.1, -0.05) is 30.8 Å². The third-order valence-corrected chi connectivity index (χ3v) is 5.94. The van der Waals surface area contributed by atoms with Crippen LogP contribution in [0.4, 0.5) is 11.4 Å². The van der Waals surface area contributed by atoms with E-state index in [1.54, 1.807) is 7.11 Å². The van der Waals surface area contributed by atoms with Gasteiger partial charge < -0.3 is 35.0 Å². The summed E-state index contributed by atoms with van der Waals surface area (Å²) in [5.41, 5.74) is 2.54. The lowest BCUT2D eigenvalue weighted by atomic mass is 10.1. The van der Waals surface area contributed by atoms with Crippen LogP contribution in [0.1, 0.15) is 6.92 Å². The summed E-state index contributed by atoms with van der Waals surface area (Å²) < 4.78 is 5.44. The Morgan fingerprint density at radius 1 is 1.00 bits per heavy atom. The van der Waals surface area contributed by atoms with Crippen LogP contribution in [0.5, 0.6) is 5.75 Å². The molecule has 0 aromatic heterocycles. The fourth-order valence-corrected chi connectivity index (χ4v) is 4.47. The molecule has 2 aromatic carbocycles. The lowest BCUT2D eigenvalue weighted by Gasteiger charge is -2.35. The molecule has 4 N–H and O–H groups in total. The number of nitrogens with zero attached hydrogens (tertiary/aromatic N) is 2. The van der Waals surface area contributed by atoms with Gasteiger partial charge in [0.05, 0.1) is 18.5 Å². The van der Waals surface area contributed by atoms with Gasteiger partial charge in [0.2, 0.25) is 0 Å². The van der Waals surface area contributed by atoms with Gasteiger partial charge in [-0.15, -0.1) is 0 Å². The van der Waals surface area contributed by atoms with E-state index in [0.717, 1.165) is 18.8 Å².